The van der Waals surface area contributed by atoms with Crippen LogP contribution in [0, 0.1) is 12.3 Å². The van der Waals surface area contributed by atoms with E-state index in [0.717, 1.165) is 35.8 Å². The van der Waals surface area contributed by atoms with Gasteiger partial charge in [0.05, 0.1) is 6.61 Å². The van der Waals surface area contributed by atoms with Gasteiger partial charge in [-0.15, -0.1) is 0 Å². The van der Waals surface area contributed by atoms with Gasteiger partial charge in [0.2, 0.25) is 5.91 Å². The molecule has 1 aliphatic heterocycles. The molecule has 1 aromatic rings. The van der Waals surface area contributed by atoms with Gasteiger partial charge in [-0.25, -0.2) is 0 Å². The van der Waals surface area contributed by atoms with Crippen LogP contribution in [0.25, 0.3) is 0 Å². The number of halogens is 1. The second kappa shape index (κ2) is 7.54. The van der Waals surface area contributed by atoms with Crippen LogP contribution in [-0.4, -0.2) is 36.5 Å². The Morgan fingerprint density at radius 2 is 2.22 bits per heavy atom. The number of ether oxygens (including phenoxy) is 1. The fourth-order valence-electron chi connectivity index (χ4n) is 2.87. The molecule has 1 amide bonds. The Morgan fingerprint density at radius 3 is 2.87 bits per heavy atom. The summed E-state index contributed by atoms with van der Waals surface area (Å²) in [4.78, 5) is 14.3. The van der Waals surface area contributed by atoms with Crippen LogP contribution in [-0.2, 0) is 4.79 Å². The number of rotatable bonds is 5. The number of benzene rings is 1. The molecule has 1 aromatic carbocycles. The zero-order valence-electron chi connectivity index (χ0n) is 14.3. The lowest BCUT2D eigenvalue weighted by Gasteiger charge is -2.42. The zero-order valence-corrected chi connectivity index (χ0v) is 15.0. The number of piperidine rings is 1. The second-order valence-electron chi connectivity index (χ2n) is 7.06. The van der Waals surface area contributed by atoms with Gasteiger partial charge in [-0.05, 0) is 48.9 Å². The maximum atomic E-state index is 12.3. The number of aryl methyl sites for hydroxylation is 1. The van der Waals surface area contributed by atoms with Crippen LogP contribution in [0.3, 0.4) is 0 Å². The van der Waals surface area contributed by atoms with Gasteiger partial charge in [0.25, 0.3) is 0 Å². The fraction of sp³-hybridized carbons (Fsp3) is 0.611. The number of nitrogens with zero attached hydrogens (tertiary/aromatic N) is 1. The van der Waals surface area contributed by atoms with Gasteiger partial charge >= 0.3 is 0 Å². The van der Waals surface area contributed by atoms with Crippen molar-refractivity contribution in [1.82, 2.24) is 4.90 Å². The highest BCUT2D eigenvalue weighted by Crippen LogP contribution is 2.28. The highest BCUT2D eigenvalue weighted by molar-refractivity contribution is 6.31. The Morgan fingerprint density at radius 1 is 1.48 bits per heavy atom. The van der Waals surface area contributed by atoms with Gasteiger partial charge in [-0.3, -0.25) is 4.79 Å². The summed E-state index contributed by atoms with van der Waals surface area (Å²) >= 11 is 5.99. The van der Waals surface area contributed by atoms with Crippen LogP contribution in [0.2, 0.25) is 5.02 Å². The smallest absolute Gasteiger partial charge is 0.222 e. The molecule has 5 heteroatoms. The minimum Gasteiger partial charge on any atom is -0.494 e. The molecule has 1 fully saturated rings. The SMILES string of the molecule is Cc1cc(OCCCC(=O)N2CCC(N)C(C)(C)C2)ccc1Cl. The lowest BCUT2D eigenvalue weighted by atomic mass is 9.79. The van der Waals surface area contributed by atoms with E-state index in [1.54, 1.807) is 0 Å². The van der Waals surface area contributed by atoms with Crippen molar-refractivity contribution in [2.24, 2.45) is 11.1 Å². The van der Waals surface area contributed by atoms with Crippen molar-refractivity contribution in [2.75, 3.05) is 19.7 Å². The Balaban J connectivity index is 1.73. The van der Waals surface area contributed by atoms with Crippen molar-refractivity contribution < 1.29 is 9.53 Å². The molecule has 0 radical (unpaired) electrons. The average molecular weight is 339 g/mol. The van der Waals surface area contributed by atoms with Gasteiger partial charge in [0, 0.05) is 30.6 Å². The molecule has 1 aliphatic rings. The first kappa shape index (κ1) is 18.1. The van der Waals surface area contributed by atoms with Crippen LogP contribution in [0.5, 0.6) is 5.75 Å². The summed E-state index contributed by atoms with van der Waals surface area (Å²) in [6, 6.07) is 5.77. The third-order valence-electron chi connectivity index (χ3n) is 4.60. The average Bonchev–Trinajstić information content (AvgIpc) is 2.49. The highest BCUT2D eigenvalue weighted by Gasteiger charge is 2.34. The van der Waals surface area contributed by atoms with Crippen molar-refractivity contribution in [3.63, 3.8) is 0 Å². The molecule has 1 heterocycles. The van der Waals surface area contributed by atoms with Gasteiger partial charge < -0.3 is 15.4 Å². The van der Waals surface area contributed by atoms with E-state index in [9.17, 15) is 4.79 Å². The summed E-state index contributed by atoms with van der Waals surface area (Å²) in [6.07, 6.45) is 2.10. The largest absolute Gasteiger partial charge is 0.494 e. The number of nitrogens with two attached hydrogens (primary N) is 1. The van der Waals surface area contributed by atoms with E-state index < -0.39 is 0 Å². The lowest BCUT2D eigenvalue weighted by molar-refractivity contribution is -0.134. The lowest BCUT2D eigenvalue weighted by Crippen LogP contribution is -2.54. The van der Waals surface area contributed by atoms with Crippen LogP contribution >= 0.6 is 11.6 Å². The number of carbonyl (C=O) groups excluding carboxylic acids is 1. The van der Waals surface area contributed by atoms with Crippen molar-refractivity contribution in [3.8, 4) is 5.75 Å². The van der Waals surface area contributed by atoms with Crippen molar-refractivity contribution in [1.29, 1.82) is 0 Å². The van der Waals surface area contributed by atoms with Crippen LogP contribution in [0.4, 0.5) is 0 Å². The Kier molecular flexibility index (Phi) is 5.93. The Labute approximate surface area is 143 Å². The van der Waals surface area contributed by atoms with E-state index >= 15 is 0 Å². The predicted octanol–water partition coefficient (Wildman–Crippen LogP) is 3.39. The molecule has 0 bridgehead atoms. The number of carbonyl (C=O) groups is 1. The first-order valence-electron chi connectivity index (χ1n) is 8.22. The molecule has 1 saturated heterocycles. The molecule has 0 aliphatic carbocycles. The quantitative estimate of drug-likeness (QED) is 0.837. The fourth-order valence-corrected chi connectivity index (χ4v) is 2.98. The van der Waals surface area contributed by atoms with Crippen LogP contribution < -0.4 is 10.5 Å². The van der Waals surface area contributed by atoms with E-state index in [4.69, 9.17) is 22.1 Å². The first-order valence-corrected chi connectivity index (χ1v) is 8.60. The maximum Gasteiger partial charge on any atom is 0.222 e. The molecular formula is C18H27ClN2O2. The number of amides is 1. The van der Waals surface area contributed by atoms with E-state index in [0.29, 0.717) is 19.4 Å². The van der Waals surface area contributed by atoms with E-state index in [1.807, 2.05) is 30.0 Å². The first-order chi connectivity index (χ1) is 10.8. The van der Waals surface area contributed by atoms with E-state index in [2.05, 4.69) is 13.8 Å². The van der Waals surface area contributed by atoms with E-state index in [1.165, 1.54) is 0 Å². The van der Waals surface area contributed by atoms with Gasteiger partial charge in [0.15, 0.2) is 0 Å². The third-order valence-corrected chi connectivity index (χ3v) is 5.02. The summed E-state index contributed by atoms with van der Waals surface area (Å²) in [5.74, 6) is 0.991. The van der Waals surface area contributed by atoms with Crippen LogP contribution in [0.15, 0.2) is 18.2 Å². The molecule has 128 valence electrons. The van der Waals surface area contributed by atoms with Crippen molar-refractivity contribution in [3.05, 3.63) is 28.8 Å². The zero-order chi connectivity index (χ0) is 17.0. The molecule has 1 atom stereocenters. The molecule has 4 nitrogen and oxygen atoms in total. The normalized spacial score (nSPS) is 20.4. The summed E-state index contributed by atoms with van der Waals surface area (Å²) in [7, 11) is 0. The summed E-state index contributed by atoms with van der Waals surface area (Å²) in [5.41, 5.74) is 7.10. The van der Waals surface area contributed by atoms with Gasteiger partial charge in [-0.1, -0.05) is 25.4 Å². The molecule has 2 N–H and O–H groups in total. The van der Waals surface area contributed by atoms with Gasteiger partial charge in [-0.2, -0.15) is 0 Å². The van der Waals surface area contributed by atoms with E-state index in [-0.39, 0.29) is 17.4 Å². The minimum absolute atomic E-state index is 0.00869. The Hall–Kier alpha value is -1.26. The predicted molar refractivity (Wildman–Crippen MR) is 93.9 cm³/mol. The molecule has 0 saturated carbocycles. The van der Waals surface area contributed by atoms with Crippen molar-refractivity contribution in [2.45, 2.75) is 46.1 Å². The number of likely N-dealkylation sites (tertiary alicyclic amines) is 1. The maximum absolute atomic E-state index is 12.3. The van der Waals surface area contributed by atoms with Crippen molar-refractivity contribution >= 4 is 17.5 Å². The number of hydrogen-bond acceptors (Lipinski definition) is 3. The van der Waals surface area contributed by atoms with Gasteiger partial charge in [0.1, 0.15) is 5.75 Å². The molecular weight excluding hydrogens is 312 g/mol. The molecule has 2 rings (SSSR count). The molecule has 23 heavy (non-hydrogen) atoms. The molecule has 0 aromatic heterocycles. The third kappa shape index (κ3) is 4.85. The summed E-state index contributed by atoms with van der Waals surface area (Å²) in [6.45, 7) is 8.24. The minimum atomic E-state index is -0.00869. The standard InChI is InChI=1S/C18H27ClN2O2/c1-13-11-14(6-7-15(13)19)23-10-4-5-17(22)21-9-8-16(20)18(2,3)12-21/h6-7,11,16H,4-5,8-10,12,20H2,1-3H3. The summed E-state index contributed by atoms with van der Waals surface area (Å²) in [5, 5.41) is 0.735. The second-order valence-corrected chi connectivity index (χ2v) is 7.47. The topological polar surface area (TPSA) is 55.6 Å². The Bertz CT molecular complexity index is 560. The molecule has 0 spiro atoms. The summed E-state index contributed by atoms with van der Waals surface area (Å²) < 4.78 is 5.69. The monoisotopic (exact) mass is 338 g/mol. The number of hydrogen-bond donors (Lipinski definition) is 1. The van der Waals surface area contributed by atoms with Crippen LogP contribution in [0.1, 0.15) is 38.7 Å². The highest BCUT2D eigenvalue weighted by atomic mass is 35.5. The molecule has 1 unspecified atom stereocenters.